The molecule has 5 amide bonds. The van der Waals surface area contributed by atoms with E-state index in [1.54, 1.807) is 103 Å². The molecule has 2 unspecified atom stereocenters. The number of sulfonamides is 3. The highest BCUT2D eigenvalue weighted by molar-refractivity contribution is 7.92. The van der Waals surface area contributed by atoms with E-state index in [0.717, 1.165) is 79.7 Å². The molecule has 137 heavy (non-hydrogen) atoms. The molecule has 9 aromatic carbocycles. The Morgan fingerprint density at radius 2 is 0.664 bits per heavy atom. The Morgan fingerprint density at radius 1 is 0.380 bits per heavy atom. The third-order valence-electron chi connectivity index (χ3n) is 21.0. The third kappa shape index (κ3) is 35.9. The summed E-state index contributed by atoms with van der Waals surface area (Å²) in [5.41, 5.74) is 1.58. The van der Waals surface area contributed by atoms with Gasteiger partial charge in [-0.05, 0) is 253 Å². The summed E-state index contributed by atoms with van der Waals surface area (Å²) >= 11 is 0. The fourth-order valence-electron chi connectivity index (χ4n) is 13.7. The second-order valence-corrected chi connectivity index (χ2v) is 40.8. The molecule has 0 aliphatic carbocycles. The Hall–Kier alpha value is -12.4. The minimum Gasteiger partial charge on any atom is -0.497 e. The third-order valence-corrected chi connectivity index (χ3v) is 24.6. The number of anilines is 3. The van der Waals surface area contributed by atoms with Gasteiger partial charge in [-0.15, -0.1) is 0 Å². The number of carbonyl (C=O) groups excluding carboxylic acids is 6. The number of ether oxygens (including phenoxy) is 5. The molecule has 0 radical (unpaired) electrons. The number of nitrogens with one attached hydrogen (secondary N) is 4. The van der Waals surface area contributed by atoms with Crippen LogP contribution >= 0.6 is 0 Å². The van der Waals surface area contributed by atoms with Crippen LogP contribution in [0.2, 0.25) is 0 Å². The molecule has 0 spiro atoms. The van der Waals surface area contributed by atoms with Crippen molar-refractivity contribution in [1.82, 2.24) is 31.1 Å². The van der Waals surface area contributed by atoms with E-state index in [0.29, 0.717) is 52.6 Å². The Morgan fingerprint density at radius 3 is 0.956 bits per heavy atom. The molecule has 9 rings (SSSR count). The van der Waals surface area contributed by atoms with Gasteiger partial charge in [0.15, 0.2) is 5.78 Å². The second kappa shape index (κ2) is 49.1. The van der Waals surface area contributed by atoms with Crippen molar-refractivity contribution < 1.29 is 130 Å². The number of aliphatic hydroxyl groups is 5. The summed E-state index contributed by atoms with van der Waals surface area (Å²) in [4.78, 5) is 82.2. The number of Topliss-reactive ketones (excluding diaryl/α,β-unsaturated/α-hetero) is 1. The van der Waals surface area contributed by atoms with E-state index < -0.39 is 161 Å². The maximum Gasteiger partial charge on any atom is 0.410 e. The minimum absolute atomic E-state index is 0.0178. The summed E-state index contributed by atoms with van der Waals surface area (Å²) in [6, 6.07) is 38.3. The Balaban J connectivity index is 0.000000281. The van der Waals surface area contributed by atoms with Crippen molar-refractivity contribution >= 4 is 82.8 Å². The quantitative estimate of drug-likeness (QED) is 0.0128. The summed E-state index contributed by atoms with van der Waals surface area (Å²) in [5, 5.41) is 65.8. The molecule has 40 heteroatoms. The maximum atomic E-state index is 14.2. The van der Waals surface area contributed by atoms with Crippen LogP contribution < -0.4 is 48.4 Å². The van der Waals surface area contributed by atoms with Crippen LogP contribution in [-0.2, 0) is 78.4 Å². The highest BCUT2D eigenvalue weighted by Crippen LogP contribution is 2.31. The number of rotatable bonds is 39. The average molecular weight is 1970 g/mol. The lowest BCUT2D eigenvalue weighted by atomic mass is 9.99. The van der Waals surface area contributed by atoms with E-state index >= 15 is 0 Å². The first kappa shape index (κ1) is 112. The monoisotopic (exact) mass is 1970 g/mol. The summed E-state index contributed by atoms with van der Waals surface area (Å²) in [6.45, 7) is 13.9. The molecule has 9 aromatic rings. The standard InChI is InChI=1S/C34H43F2N3O8S.C34H41F2N3O8S.C29H35F2N3O6S/c2*1-21(40)24-15-25(17-28(16-24)38(5)48(7,44)45)32(42)37-30(14-23-11-26(35)18-27(36)12-23)31(41)20-39(33(43)47-34(2,3)4)19-22-9-8-10-29(13-22)46-6;1-18(35)21-12-22(14-25(13-21)34(2)41(4,38)39)29(37)33-27(11-20-8-23(30)15-24(31)9-20)28(36)17-32-16-19-6-5-7-26(10-19)40-3/h8-13,15-18,21,30-31,40-41H,14,19-20H2,1-7H3,(H,37,42);8-13,15-18,30-31,41H,14,19-20H2,1-7H3,(H,37,42);5-10,12-15,18,27-28,32,35-36H,11,16-17H2,1-4H3,(H,33,37)/t21?,30-,31+;30-,31+;18?,27-,28+/m000/s1. The van der Waals surface area contributed by atoms with Crippen molar-refractivity contribution in [2.45, 2.75) is 161 Å². The van der Waals surface area contributed by atoms with Gasteiger partial charge in [0.1, 0.15) is 63.4 Å². The molecular formula is C97H119F6N9O22S3. The molecule has 8 atom stereocenters. The Kier molecular flexibility index (Phi) is 40.0. The lowest BCUT2D eigenvalue weighted by molar-refractivity contribution is 0.00768. The molecule has 0 saturated carbocycles. The van der Waals surface area contributed by atoms with Crippen LogP contribution in [0.5, 0.6) is 17.2 Å². The van der Waals surface area contributed by atoms with E-state index in [-0.39, 0.29) is 114 Å². The van der Waals surface area contributed by atoms with Gasteiger partial charge in [0, 0.05) is 87.8 Å². The zero-order chi connectivity index (χ0) is 102. The Bertz CT molecular complexity index is 6030. The van der Waals surface area contributed by atoms with Gasteiger partial charge in [-0.1, -0.05) is 36.4 Å². The summed E-state index contributed by atoms with van der Waals surface area (Å²) in [5.74, 6) is -6.05. The van der Waals surface area contributed by atoms with Crippen LogP contribution in [0.1, 0.15) is 160 Å². The summed E-state index contributed by atoms with van der Waals surface area (Å²) in [7, 11) is -2.77. The van der Waals surface area contributed by atoms with Gasteiger partial charge in [-0.2, -0.15) is 0 Å². The van der Waals surface area contributed by atoms with E-state index in [2.05, 4.69) is 21.3 Å². The molecule has 31 nitrogen and oxygen atoms in total. The number of benzene rings is 9. The van der Waals surface area contributed by atoms with Gasteiger partial charge in [0.2, 0.25) is 30.1 Å². The minimum atomic E-state index is -3.77. The van der Waals surface area contributed by atoms with Gasteiger partial charge < -0.3 is 80.3 Å². The van der Waals surface area contributed by atoms with Crippen molar-refractivity contribution in [1.29, 1.82) is 0 Å². The van der Waals surface area contributed by atoms with Crippen LogP contribution in [-0.4, -0.2) is 225 Å². The van der Waals surface area contributed by atoms with E-state index in [1.165, 1.54) is 121 Å². The van der Waals surface area contributed by atoms with Gasteiger partial charge in [0.05, 0.1) is 119 Å². The number of amides is 5. The molecule has 0 aliphatic heterocycles. The normalized spacial score (nSPS) is 13.4. The SMILES string of the molecule is COc1cccc(CN(C[C@@H](O)[C@H](Cc2cc(F)cc(F)c2)NC(=O)c2cc(C(C)=O)cc(N(C)S(C)(=O)=O)c2)C(=O)OC(C)(C)C)c1.COc1cccc(CN(C[C@@H](O)[C@H](Cc2cc(F)cc(F)c2)NC(=O)c2cc(C(C)O)cc(N(C)S(C)(=O)=O)c2)C(=O)OC(C)(C)C)c1.COc1cccc(CNC[C@@H](O)[C@H](Cc2cc(F)cc(F)c2)NC(=O)c2cc(C(C)O)cc(N(C)S(C)(=O)=O)c2)c1. The van der Waals surface area contributed by atoms with E-state index in [4.69, 9.17) is 23.7 Å². The maximum absolute atomic E-state index is 14.2. The predicted octanol–water partition coefficient (Wildman–Crippen LogP) is 12.2. The van der Waals surface area contributed by atoms with Gasteiger partial charge >= 0.3 is 12.2 Å². The molecule has 0 fully saturated rings. The largest absolute Gasteiger partial charge is 0.497 e. The summed E-state index contributed by atoms with van der Waals surface area (Å²) < 4.78 is 187. The number of methoxy groups -OCH3 is 3. The number of ketones is 1. The number of halogens is 6. The first-order valence-corrected chi connectivity index (χ1v) is 48.3. The fraction of sp³-hybridized carbons (Fsp3) is 0.381. The van der Waals surface area contributed by atoms with Crippen LogP contribution in [0.25, 0.3) is 0 Å². The topological polar surface area (TPSA) is 416 Å². The number of nitrogens with zero attached hydrogens (tertiary/aromatic N) is 5. The van der Waals surface area contributed by atoms with Gasteiger partial charge in [-0.3, -0.25) is 32.1 Å². The predicted molar refractivity (Wildman–Crippen MR) is 506 cm³/mol. The first-order valence-electron chi connectivity index (χ1n) is 42.8. The van der Waals surface area contributed by atoms with Crippen LogP contribution in [0.3, 0.4) is 0 Å². The molecule has 0 heterocycles. The van der Waals surface area contributed by atoms with Gasteiger partial charge in [0.25, 0.3) is 17.7 Å². The van der Waals surface area contributed by atoms with E-state index in [1.807, 2.05) is 18.2 Å². The smallest absolute Gasteiger partial charge is 0.410 e. The van der Waals surface area contributed by atoms with Crippen LogP contribution in [0.15, 0.2) is 182 Å². The number of hydrogen-bond donors (Lipinski definition) is 9. The van der Waals surface area contributed by atoms with Crippen LogP contribution in [0.4, 0.5) is 53.0 Å². The van der Waals surface area contributed by atoms with Crippen molar-refractivity contribution in [2.24, 2.45) is 0 Å². The van der Waals surface area contributed by atoms with Gasteiger partial charge in [-0.25, -0.2) is 61.2 Å². The molecule has 9 N–H and O–H groups in total. The van der Waals surface area contributed by atoms with Crippen molar-refractivity contribution in [3.8, 4) is 17.2 Å². The number of hydrogen-bond acceptors (Lipinski definition) is 23. The Labute approximate surface area is 794 Å². The summed E-state index contributed by atoms with van der Waals surface area (Å²) in [6.07, 6.45) is -5.50. The fourth-order valence-corrected chi connectivity index (χ4v) is 15.1. The number of aliphatic hydroxyl groups excluding tert-OH is 5. The second-order valence-electron chi connectivity index (χ2n) is 34.8. The molecular weight excluding hydrogens is 1850 g/mol. The molecule has 0 aromatic heterocycles. The van der Waals surface area contributed by atoms with Crippen molar-refractivity contribution in [3.63, 3.8) is 0 Å². The first-order chi connectivity index (χ1) is 63.8. The zero-order valence-electron chi connectivity index (χ0n) is 79.2. The van der Waals surface area contributed by atoms with Crippen LogP contribution in [0, 0.1) is 34.9 Å². The van der Waals surface area contributed by atoms with Crippen molar-refractivity contribution in [3.05, 3.63) is 284 Å². The molecule has 0 saturated heterocycles. The molecule has 0 aliphatic rings. The van der Waals surface area contributed by atoms with E-state index in [9.17, 15) is 106 Å². The molecule has 0 bridgehead atoms. The number of carbonyl (C=O) groups is 6. The highest BCUT2D eigenvalue weighted by Gasteiger charge is 2.35. The zero-order valence-corrected chi connectivity index (χ0v) is 81.7. The average Bonchev–Trinajstić information content (AvgIpc) is 0.808. The van der Waals surface area contributed by atoms with Crippen molar-refractivity contribution in [2.75, 3.05) is 93.8 Å². The highest BCUT2D eigenvalue weighted by atomic mass is 32.2. The molecule has 744 valence electrons. The lowest BCUT2D eigenvalue weighted by Gasteiger charge is -2.32. The lowest BCUT2D eigenvalue weighted by Crippen LogP contribution is -2.51.